The van der Waals surface area contributed by atoms with E-state index in [0.29, 0.717) is 40.9 Å². The first-order chi connectivity index (χ1) is 11.1. The minimum atomic E-state index is -0.785. The molecule has 1 N–H and O–H groups in total. The Bertz CT molecular complexity index is 565. The molecule has 23 heavy (non-hydrogen) atoms. The van der Waals surface area contributed by atoms with E-state index in [1.807, 2.05) is 0 Å². The molecule has 0 aromatic heterocycles. The Balaban J connectivity index is 2.26. The van der Waals surface area contributed by atoms with Crippen molar-refractivity contribution in [3.8, 4) is 5.75 Å². The Morgan fingerprint density at radius 2 is 2.17 bits per heavy atom. The van der Waals surface area contributed by atoms with Crippen molar-refractivity contribution in [3.63, 3.8) is 0 Å². The van der Waals surface area contributed by atoms with Crippen molar-refractivity contribution in [1.29, 1.82) is 0 Å². The van der Waals surface area contributed by atoms with E-state index in [9.17, 15) is 9.90 Å². The van der Waals surface area contributed by atoms with Crippen molar-refractivity contribution >= 4 is 29.6 Å². The van der Waals surface area contributed by atoms with Crippen LogP contribution in [0.2, 0.25) is 10.0 Å². The van der Waals surface area contributed by atoms with E-state index < -0.39 is 6.10 Å². The summed E-state index contributed by atoms with van der Waals surface area (Å²) >= 11 is 12.4. The van der Waals surface area contributed by atoms with Crippen molar-refractivity contribution in [2.24, 2.45) is 5.92 Å². The van der Waals surface area contributed by atoms with Crippen LogP contribution in [0.4, 0.5) is 0 Å². The summed E-state index contributed by atoms with van der Waals surface area (Å²) in [6.45, 7) is 5.30. The van der Waals surface area contributed by atoms with Crippen LogP contribution in [-0.2, 0) is 4.79 Å². The van der Waals surface area contributed by atoms with E-state index in [0.717, 1.165) is 25.8 Å². The van der Waals surface area contributed by atoms with Gasteiger partial charge in [0, 0.05) is 18.7 Å². The van der Waals surface area contributed by atoms with Crippen LogP contribution in [0.15, 0.2) is 24.8 Å². The zero-order valence-electron chi connectivity index (χ0n) is 12.9. The number of carbonyl (C=O) groups excluding carboxylic acids is 1. The van der Waals surface area contributed by atoms with Crippen LogP contribution in [-0.4, -0.2) is 36.1 Å². The highest BCUT2D eigenvalue weighted by Crippen LogP contribution is 2.42. The molecule has 4 nitrogen and oxygen atoms in total. The number of ether oxygens (including phenoxy) is 1. The number of aliphatic hydroxyl groups excluding tert-OH is 1. The summed E-state index contributed by atoms with van der Waals surface area (Å²) < 4.78 is 5.62. The molecule has 1 heterocycles. The van der Waals surface area contributed by atoms with Crippen LogP contribution >= 0.6 is 23.2 Å². The Kier molecular flexibility index (Phi) is 6.75. The largest absolute Gasteiger partial charge is 0.489 e. The topological polar surface area (TPSA) is 49.8 Å². The van der Waals surface area contributed by atoms with Crippen molar-refractivity contribution in [2.45, 2.75) is 25.4 Å². The van der Waals surface area contributed by atoms with Gasteiger partial charge in [0.05, 0.1) is 16.1 Å². The predicted octanol–water partition coefficient (Wildman–Crippen LogP) is 3.85. The number of benzene rings is 1. The van der Waals surface area contributed by atoms with Crippen LogP contribution in [0, 0.1) is 5.92 Å². The van der Waals surface area contributed by atoms with Gasteiger partial charge < -0.3 is 14.7 Å². The third-order valence-electron chi connectivity index (χ3n) is 4.15. The SMILES string of the molecule is C=CCOc1ccc(Cl)c(Cl)c1C(O)C1CCCN(C=O)CC1. The van der Waals surface area contributed by atoms with Crippen LogP contribution in [0.25, 0.3) is 0 Å². The van der Waals surface area contributed by atoms with Gasteiger partial charge in [0.15, 0.2) is 0 Å². The summed E-state index contributed by atoms with van der Waals surface area (Å²) in [5, 5.41) is 11.6. The summed E-state index contributed by atoms with van der Waals surface area (Å²) in [4.78, 5) is 12.7. The van der Waals surface area contributed by atoms with Crippen LogP contribution in [0.3, 0.4) is 0 Å². The third-order valence-corrected chi connectivity index (χ3v) is 4.97. The van der Waals surface area contributed by atoms with Crippen LogP contribution < -0.4 is 4.74 Å². The molecule has 1 fully saturated rings. The second-order valence-electron chi connectivity index (χ2n) is 5.65. The van der Waals surface area contributed by atoms with Gasteiger partial charge in [-0.15, -0.1) is 0 Å². The molecule has 1 amide bonds. The van der Waals surface area contributed by atoms with Crippen molar-refractivity contribution < 1.29 is 14.6 Å². The number of amides is 1. The van der Waals surface area contributed by atoms with Crippen molar-refractivity contribution in [1.82, 2.24) is 4.90 Å². The highest BCUT2D eigenvalue weighted by Gasteiger charge is 2.29. The highest BCUT2D eigenvalue weighted by molar-refractivity contribution is 6.42. The molecule has 0 saturated carbocycles. The molecule has 1 aliphatic rings. The third kappa shape index (κ3) is 4.40. The number of likely N-dealkylation sites (tertiary alicyclic amines) is 1. The van der Waals surface area contributed by atoms with Gasteiger partial charge in [-0.3, -0.25) is 4.79 Å². The molecule has 126 valence electrons. The predicted molar refractivity (Wildman–Crippen MR) is 92.1 cm³/mol. The fraction of sp³-hybridized carbons (Fsp3) is 0.471. The molecular formula is C17H21Cl2NO3. The first-order valence-electron chi connectivity index (χ1n) is 7.67. The monoisotopic (exact) mass is 357 g/mol. The van der Waals surface area contributed by atoms with E-state index in [2.05, 4.69) is 6.58 Å². The van der Waals surface area contributed by atoms with E-state index >= 15 is 0 Å². The maximum atomic E-state index is 10.9. The van der Waals surface area contributed by atoms with Gasteiger partial charge in [0.2, 0.25) is 6.41 Å². The Hall–Kier alpha value is -1.23. The summed E-state index contributed by atoms with van der Waals surface area (Å²) in [5.41, 5.74) is 0.519. The highest BCUT2D eigenvalue weighted by atomic mass is 35.5. The number of nitrogens with zero attached hydrogens (tertiary/aromatic N) is 1. The first-order valence-corrected chi connectivity index (χ1v) is 8.43. The fourth-order valence-electron chi connectivity index (χ4n) is 2.90. The lowest BCUT2D eigenvalue weighted by atomic mass is 9.89. The van der Waals surface area contributed by atoms with Gasteiger partial charge in [0.25, 0.3) is 0 Å². The van der Waals surface area contributed by atoms with Crippen molar-refractivity contribution in [2.75, 3.05) is 19.7 Å². The molecule has 1 saturated heterocycles. The average molecular weight is 358 g/mol. The molecule has 0 bridgehead atoms. The molecular weight excluding hydrogens is 337 g/mol. The average Bonchev–Trinajstić information content (AvgIpc) is 2.81. The van der Waals surface area contributed by atoms with E-state index in [1.165, 1.54) is 0 Å². The lowest BCUT2D eigenvalue weighted by Crippen LogP contribution is -2.23. The molecule has 6 heteroatoms. The van der Waals surface area contributed by atoms with E-state index in [4.69, 9.17) is 27.9 Å². The Morgan fingerprint density at radius 3 is 2.87 bits per heavy atom. The minimum absolute atomic E-state index is 0.00185. The lowest BCUT2D eigenvalue weighted by Gasteiger charge is -2.25. The quantitative estimate of drug-likeness (QED) is 0.621. The Morgan fingerprint density at radius 1 is 1.39 bits per heavy atom. The molecule has 2 atom stereocenters. The second kappa shape index (κ2) is 8.57. The number of hydrogen-bond acceptors (Lipinski definition) is 3. The molecule has 1 aromatic rings. The molecule has 0 aliphatic carbocycles. The molecule has 0 spiro atoms. The number of carbonyl (C=O) groups is 1. The van der Waals surface area contributed by atoms with Gasteiger partial charge in [-0.2, -0.15) is 0 Å². The zero-order valence-corrected chi connectivity index (χ0v) is 14.4. The fourth-order valence-corrected chi connectivity index (χ4v) is 3.33. The van der Waals surface area contributed by atoms with Gasteiger partial charge >= 0.3 is 0 Å². The number of rotatable bonds is 6. The maximum Gasteiger partial charge on any atom is 0.209 e. The number of aliphatic hydroxyl groups is 1. The minimum Gasteiger partial charge on any atom is -0.489 e. The summed E-state index contributed by atoms with van der Waals surface area (Å²) in [6, 6.07) is 3.37. The molecule has 2 rings (SSSR count). The van der Waals surface area contributed by atoms with Gasteiger partial charge in [-0.25, -0.2) is 0 Å². The summed E-state index contributed by atoms with van der Waals surface area (Å²) in [7, 11) is 0. The van der Waals surface area contributed by atoms with Gasteiger partial charge in [-0.05, 0) is 37.3 Å². The van der Waals surface area contributed by atoms with Gasteiger partial charge in [0.1, 0.15) is 12.4 Å². The molecule has 1 aromatic carbocycles. The Labute approximate surface area is 146 Å². The molecule has 1 aliphatic heterocycles. The second-order valence-corrected chi connectivity index (χ2v) is 6.44. The van der Waals surface area contributed by atoms with E-state index in [-0.39, 0.29) is 5.92 Å². The number of halogens is 2. The smallest absolute Gasteiger partial charge is 0.209 e. The van der Waals surface area contributed by atoms with Crippen LogP contribution in [0.1, 0.15) is 30.9 Å². The lowest BCUT2D eigenvalue weighted by molar-refractivity contribution is -0.118. The van der Waals surface area contributed by atoms with E-state index in [1.54, 1.807) is 23.1 Å². The number of hydrogen-bond donors (Lipinski definition) is 1. The normalized spacial score (nSPS) is 19.8. The first kappa shape index (κ1) is 18.1. The van der Waals surface area contributed by atoms with Gasteiger partial charge in [-0.1, -0.05) is 35.9 Å². The molecule has 0 radical (unpaired) electrons. The maximum absolute atomic E-state index is 10.9. The zero-order chi connectivity index (χ0) is 16.8. The standard InChI is InChI=1S/C17H21Cl2NO3/c1-2-10-23-14-6-5-13(18)16(19)15(14)17(22)12-4-3-8-20(11-21)9-7-12/h2,5-6,11-12,17,22H,1,3-4,7-10H2. The summed E-state index contributed by atoms with van der Waals surface area (Å²) in [5.74, 6) is 0.519. The summed E-state index contributed by atoms with van der Waals surface area (Å²) in [6.07, 6.45) is 4.08. The van der Waals surface area contributed by atoms with Crippen LogP contribution in [0.5, 0.6) is 5.75 Å². The molecule has 2 unspecified atom stereocenters. The van der Waals surface area contributed by atoms with Crippen molar-refractivity contribution in [3.05, 3.63) is 40.4 Å².